The second kappa shape index (κ2) is 7.28. The third-order valence-electron chi connectivity index (χ3n) is 2.06. The van der Waals surface area contributed by atoms with Gasteiger partial charge in [-0.25, -0.2) is 4.79 Å². The molecule has 0 aliphatic rings. The molecule has 0 saturated heterocycles. The van der Waals surface area contributed by atoms with Crippen LogP contribution in [-0.4, -0.2) is 19.1 Å². The van der Waals surface area contributed by atoms with Gasteiger partial charge in [0, 0.05) is 18.3 Å². The number of hydrogen-bond acceptors (Lipinski definition) is 3. The molecule has 1 N–H and O–H groups in total. The maximum absolute atomic E-state index is 11.1. The molecule has 0 bridgehead atoms. The summed E-state index contributed by atoms with van der Waals surface area (Å²) in [6.45, 7) is 6.55. The van der Waals surface area contributed by atoms with Crippen molar-refractivity contribution < 1.29 is 9.53 Å². The molecule has 3 heteroatoms. The minimum atomic E-state index is -0.318. The molecule has 3 nitrogen and oxygen atoms in total. The number of rotatable bonds is 6. The first kappa shape index (κ1) is 13.0. The highest BCUT2D eigenvalue weighted by Crippen LogP contribution is 2.10. The number of esters is 1. The fourth-order valence-electron chi connectivity index (χ4n) is 1.26. The standard InChI is InChI=1S/C14H17NO2/c1-3-11-15-13-8-5-12(6-9-13)7-10-14(16)17-4-2/h3,5-10,15H,1,4,11H2,2H3. The zero-order valence-electron chi connectivity index (χ0n) is 9.98. The summed E-state index contributed by atoms with van der Waals surface area (Å²) in [6.07, 6.45) is 4.96. The number of nitrogens with one attached hydrogen (secondary N) is 1. The molecule has 0 unspecified atom stereocenters. The first-order chi connectivity index (χ1) is 8.26. The minimum Gasteiger partial charge on any atom is -0.463 e. The third-order valence-corrected chi connectivity index (χ3v) is 2.06. The summed E-state index contributed by atoms with van der Waals surface area (Å²) >= 11 is 0. The Morgan fingerprint density at radius 1 is 1.41 bits per heavy atom. The minimum absolute atomic E-state index is 0.318. The topological polar surface area (TPSA) is 38.3 Å². The Hall–Kier alpha value is -2.03. The van der Waals surface area contributed by atoms with Crippen LogP contribution in [0.5, 0.6) is 0 Å². The Morgan fingerprint density at radius 3 is 2.71 bits per heavy atom. The highest BCUT2D eigenvalue weighted by atomic mass is 16.5. The van der Waals surface area contributed by atoms with Crippen LogP contribution in [0.2, 0.25) is 0 Å². The van der Waals surface area contributed by atoms with Gasteiger partial charge >= 0.3 is 5.97 Å². The van der Waals surface area contributed by atoms with Crippen molar-refractivity contribution in [1.82, 2.24) is 0 Å². The van der Waals surface area contributed by atoms with E-state index in [0.29, 0.717) is 6.61 Å². The van der Waals surface area contributed by atoms with Crippen molar-refractivity contribution >= 4 is 17.7 Å². The maximum Gasteiger partial charge on any atom is 0.330 e. The molecule has 0 saturated carbocycles. The van der Waals surface area contributed by atoms with Crippen molar-refractivity contribution in [3.8, 4) is 0 Å². The van der Waals surface area contributed by atoms with Crippen LogP contribution >= 0.6 is 0 Å². The van der Waals surface area contributed by atoms with E-state index >= 15 is 0 Å². The first-order valence-electron chi connectivity index (χ1n) is 5.56. The van der Waals surface area contributed by atoms with Gasteiger partial charge in [-0.05, 0) is 30.7 Å². The smallest absolute Gasteiger partial charge is 0.330 e. The molecule has 1 aromatic rings. The van der Waals surface area contributed by atoms with E-state index in [2.05, 4.69) is 11.9 Å². The Labute approximate surface area is 102 Å². The van der Waals surface area contributed by atoms with Crippen molar-refractivity contribution in [2.45, 2.75) is 6.92 Å². The molecule has 0 aromatic heterocycles. The van der Waals surface area contributed by atoms with Crippen LogP contribution in [0, 0.1) is 0 Å². The Bertz CT molecular complexity index is 393. The summed E-state index contributed by atoms with van der Waals surface area (Å²) in [7, 11) is 0. The number of ether oxygens (including phenoxy) is 1. The molecule has 17 heavy (non-hydrogen) atoms. The van der Waals surface area contributed by atoms with Crippen LogP contribution in [0.25, 0.3) is 6.08 Å². The lowest BCUT2D eigenvalue weighted by atomic mass is 10.2. The van der Waals surface area contributed by atoms with Gasteiger partial charge in [0.2, 0.25) is 0 Å². The van der Waals surface area contributed by atoms with Crippen molar-refractivity contribution in [1.29, 1.82) is 0 Å². The lowest BCUT2D eigenvalue weighted by Gasteiger charge is -2.02. The van der Waals surface area contributed by atoms with Crippen LogP contribution in [0.15, 0.2) is 43.0 Å². The van der Waals surface area contributed by atoms with Gasteiger partial charge < -0.3 is 10.1 Å². The van der Waals surface area contributed by atoms with E-state index in [1.54, 1.807) is 19.1 Å². The summed E-state index contributed by atoms with van der Waals surface area (Å²) < 4.78 is 4.79. The van der Waals surface area contributed by atoms with Crippen LogP contribution < -0.4 is 5.32 Å². The molecule has 0 atom stereocenters. The van der Waals surface area contributed by atoms with Crippen molar-refractivity contribution in [3.63, 3.8) is 0 Å². The largest absolute Gasteiger partial charge is 0.463 e. The fraction of sp³-hybridized carbons (Fsp3) is 0.214. The molecule has 0 spiro atoms. The van der Waals surface area contributed by atoms with Gasteiger partial charge in [0.05, 0.1) is 6.61 Å². The van der Waals surface area contributed by atoms with E-state index in [9.17, 15) is 4.79 Å². The summed E-state index contributed by atoms with van der Waals surface area (Å²) in [4.78, 5) is 11.1. The Morgan fingerprint density at radius 2 is 2.12 bits per heavy atom. The van der Waals surface area contributed by atoms with E-state index in [1.807, 2.05) is 24.3 Å². The summed E-state index contributed by atoms with van der Waals surface area (Å²) in [6, 6.07) is 7.77. The third kappa shape index (κ3) is 5.02. The van der Waals surface area contributed by atoms with E-state index < -0.39 is 0 Å². The highest BCUT2D eigenvalue weighted by molar-refractivity contribution is 5.87. The normalized spacial score (nSPS) is 10.2. The Balaban J connectivity index is 2.55. The molecule has 1 aromatic carbocycles. The number of carbonyl (C=O) groups is 1. The second-order valence-electron chi connectivity index (χ2n) is 3.38. The maximum atomic E-state index is 11.1. The van der Waals surface area contributed by atoms with Gasteiger partial charge in [0.15, 0.2) is 0 Å². The fourth-order valence-corrected chi connectivity index (χ4v) is 1.26. The second-order valence-corrected chi connectivity index (χ2v) is 3.38. The number of carbonyl (C=O) groups excluding carboxylic acids is 1. The molecular weight excluding hydrogens is 214 g/mol. The van der Waals surface area contributed by atoms with Crippen LogP contribution in [-0.2, 0) is 9.53 Å². The lowest BCUT2D eigenvalue weighted by molar-refractivity contribution is -0.137. The predicted molar refractivity (Wildman–Crippen MR) is 70.8 cm³/mol. The lowest BCUT2D eigenvalue weighted by Crippen LogP contribution is -1.98. The number of benzene rings is 1. The highest BCUT2D eigenvalue weighted by Gasteiger charge is 1.94. The molecular formula is C14H17NO2. The zero-order valence-corrected chi connectivity index (χ0v) is 9.98. The SMILES string of the molecule is C=CCNc1ccc(C=CC(=O)OCC)cc1. The summed E-state index contributed by atoms with van der Waals surface area (Å²) in [5.41, 5.74) is 1.99. The van der Waals surface area contributed by atoms with Crippen LogP contribution in [0.3, 0.4) is 0 Å². The molecule has 0 aliphatic heterocycles. The van der Waals surface area contributed by atoms with E-state index in [4.69, 9.17) is 4.74 Å². The van der Waals surface area contributed by atoms with Gasteiger partial charge in [-0.1, -0.05) is 18.2 Å². The molecule has 1 rings (SSSR count). The van der Waals surface area contributed by atoms with Gasteiger partial charge in [0.25, 0.3) is 0 Å². The average molecular weight is 231 g/mol. The molecule has 0 heterocycles. The average Bonchev–Trinajstić information content (AvgIpc) is 2.35. The van der Waals surface area contributed by atoms with E-state index in [0.717, 1.165) is 17.8 Å². The van der Waals surface area contributed by atoms with Crippen LogP contribution in [0.4, 0.5) is 5.69 Å². The quantitative estimate of drug-likeness (QED) is 0.465. The van der Waals surface area contributed by atoms with Gasteiger partial charge in [-0.15, -0.1) is 6.58 Å². The van der Waals surface area contributed by atoms with Gasteiger partial charge in [0.1, 0.15) is 0 Å². The van der Waals surface area contributed by atoms with Crippen molar-refractivity contribution in [2.24, 2.45) is 0 Å². The van der Waals surface area contributed by atoms with Crippen molar-refractivity contribution in [2.75, 3.05) is 18.5 Å². The molecule has 0 fully saturated rings. The predicted octanol–water partition coefficient (Wildman–Crippen LogP) is 2.86. The monoisotopic (exact) mass is 231 g/mol. The number of anilines is 1. The summed E-state index contributed by atoms with van der Waals surface area (Å²) in [5, 5.41) is 3.17. The van der Waals surface area contributed by atoms with Crippen LogP contribution in [0.1, 0.15) is 12.5 Å². The Kier molecular flexibility index (Phi) is 5.58. The van der Waals surface area contributed by atoms with Gasteiger partial charge in [-0.3, -0.25) is 0 Å². The zero-order chi connectivity index (χ0) is 12.5. The molecule has 0 aliphatic carbocycles. The summed E-state index contributed by atoms with van der Waals surface area (Å²) in [5.74, 6) is -0.318. The van der Waals surface area contributed by atoms with Crippen molar-refractivity contribution in [3.05, 3.63) is 48.6 Å². The molecule has 0 amide bonds. The number of hydrogen-bond donors (Lipinski definition) is 1. The van der Waals surface area contributed by atoms with E-state index in [-0.39, 0.29) is 5.97 Å². The first-order valence-corrected chi connectivity index (χ1v) is 5.56. The molecule has 90 valence electrons. The van der Waals surface area contributed by atoms with E-state index in [1.165, 1.54) is 6.08 Å². The van der Waals surface area contributed by atoms with Gasteiger partial charge in [-0.2, -0.15) is 0 Å². The molecule has 0 radical (unpaired) electrons.